The summed E-state index contributed by atoms with van der Waals surface area (Å²) in [7, 11) is 0. The van der Waals surface area contributed by atoms with Gasteiger partial charge in [-0.3, -0.25) is 0 Å². The fraction of sp³-hybridized carbons (Fsp3) is 0.600. The molecule has 1 aliphatic carbocycles. The molecule has 0 spiro atoms. The highest BCUT2D eigenvalue weighted by atomic mass is 79.9. The van der Waals surface area contributed by atoms with Crippen molar-refractivity contribution in [1.29, 1.82) is 0 Å². The third-order valence-corrected chi connectivity index (χ3v) is 4.06. The van der Waals surface area contributed by atoms with Crippen LogP contribution in [0.4, 0.5) is 0 Å². The Hall–Kier alpha value is -0.540. The molecule has 0 saturated heterocycles. The minimum absolute atomic E-state index is 0.517. The van der Waals surface area contributed by atoms with Crippen molar-refractivity contribution in [3.8, 4) is 5.75 Å². The quantitative estimate of drug-likeness (QED) is 0.830. The van der Waals surface area contributed by atoms with E-state index in [0.717, 1.165) is 23.4 Å². The normalized spacial score (nSPS) is 22.1. The number of nitrogens with one attached hydrogen (secondary N) is 1. The summed E-state index contributed by atoms with van der Waals surface area (Å²) in [4.78, 5) is 0. The zero-order valence-electron chi connectivity index (χ0n) is 11.2. The van der Waals surface area contributed by atoms with Crippen molar-refractivity contribution >= 4 is 15.9 Å². The van der Waals surface area contributed by atoms with Crippen LogP contribution in [0.1, 0.15) is 33.1 Å². The lowest BCUT2D eigenvalue weighted by atomic mass is 9.92. The average molecular weight is 312 g/mol. The summed E-state index contributed by atoms with van der Waals surface area (Å²) in [5.74, 6) is 0.929. The van der Waals surface area contributed by atoms with Crippen LogP contribution in [-0.2, 0) is 0 Å². The maximum Gasteiger partial charge on any atom is 0.120 e. The second-order valence-electron chi connectivity index (χ2n) is 5.86. The Morgan fingerprint density at radius 2 is 2.28 bits per heavy atom. The van der Waals surface area contributed by atoms with Crippen LogP contribution < -0.4 is 10.1 Å². The highest BCUT2D eigenvalue weighted by Gasteiger charge is 2.30. The summed E-state index contributed by atoms with van der Waals surface area (Å²) in [5.41, 5.74) is 0.517. The molecule has 0 bridgehead atoms. The maximum atomic E-state index is 5.71. The van der Waals surface area contributed by atoms with Crippen LogP contribution in [0.3, 0.4) is 0 Å². The first kappa shape index (κ1) is 13.9. The van der Waals surface area contributed by atoms with Crippen molar-refractivity contribution < 1.29 is 4.74 Å². The van der Waals surface area contributed by atoms with E-state index >= 15 is 0 Å². The number of halogens is 1. The smallest absolute Gasteiger partial charge is 0.120 e. The third kappa shape index (κ3) is 4.29. The van der Waals surface area contributed by atoms with E-state index in [1.165, 1.54) is 19.3 Å². The molecular weight excluding hydrogens is 290 g/mol. The molecule has 1 aromatic carbocycles. The number of benzene rings is 1. The molecule has 0 radical (unpaired) electrons. The highest BCUT2D eigenvalue weighted by Crippen LogP contribution is 2.36. The molecule has 0 amide bonds. The Bertz CT molecular complexity index is 392. The second kappa shape index (κ2) is 6.07. The summed E-state index contributed by atoms with van der Waals surface area (Å²) in [6, 6.07) is 8.66. The zero-order valence-corrected chi connectivity index (χ0v) is 12.8. The molecule has 0 aromatic heterocycles. The van der Waals surface area contributed by atoms with Gasteiger partial charge in [-0.15, -0.1) is 0 Å². The van der Waals surface area contributed by atoms with E-state index in [-0.39, 0.29) is 0 Å². The lowest BCUT2D eigenvalue weighted by molar-refractivity contribution is 0.299. The first-order chi connectivity index (χ1) is 8.55. The lowest BCUT2D eigenvalue weighted by Gasteiger charge is -2.18. The van der Waals surface area contributed by atoms with E-state index in [9.17, 15) is 0 Å². The first-order valence-electron chi connectivity index (χ1n) is 6.67. The van der Waals surface area contributed by atoms with E-state index in [1.807, 2.05) is 24.3 Å². The number of ether oxygens (including phenoxy) is 1. The Balaban J connectivity index is 1.65. The van der Waals surface area contributed by atoms with Crippen molar-refractivity contribution in [3.05, 3.63) is 28.7 Å². The average Bonchev–Trinajstić information content (AvgIpc) is 2.65. The molecule has 18 heavy (non-hydrogen) atoms. The summed E-state index contributed by atoms with van der Waals surface area (Å²) >= 11 is 3.44. The third-order valence-electron chi connectivity index (χ3n) is 3.57. The Kier molecular flexibility index (Phi) is 4.68. The SMILES string of the molecule is CC1(C)CCC(NCCOc2cccc(Br)c2)C1. The lowest BCUT2D eigenvalue weighted by Crippen LogP contribution is -2.31. The van der Waals surface area contributed by atoms with Crippen molar-refractivity contribution in [1.82, 2.24) is 5.32 Å². The van der Waals surface area contributed by atoms with Crippen LogP contribution in [0.2, 0.25) is 0 Å². The molecular formula is C15H22BrNO. The van der Waals surface area contributed by atoms with Gasteiger partial charge in [0.15, 0.2) is 0 Å². The molecule has 2 nitrogen and oxygen atoms in total. The van der Waals surface area contributed by atoms with Crippen LogP contribution in [0, 0.1) is 5.41 Å². The minimum Gasteiger partial charge on any atom is -0.492 e. The molecule has 1 fully saturated rings. The summed E-state index contributed by atoms with van der Waals surface area (Å²) in [6.07, 6.45) is 3.91. The number of hydrogen-bond acceptors (Lipinski definition) is 2. The van der Waals surface area contributed by atoms with Gasteiger partial charge in [0, 0.05) is 17.1 Å². The van der Waals surface area contributed by atoms with Gasteiger partial charge in [0.2, 0.25) is 0 Å². The second-order valence-corrected chi connectivity index (χ2v) is 6.78. The maximum absolute atomic E-state index is 5.71. The number of rotatable bonds is 5. The Morgan fingerprint density at radius 3 is 2.94 bits per heavy atom. The first-order valence-corrected chi connectivity index (χ1v) is 7.46. The standard InChI is InChI=1S/C15H22BrNO/c1-15(2)7-6-13(11-15)17-8-9-18-14-5-3-4-12(16)10-14/h3-5,10,13,17H,6-9,11H2,1-2H3. The van der Waals surface area contributed by atoms with Crippen molar-refractivity contribution in [3.63, 3.8) is 0 Å². The fourth-order valence-electron chi connectivity index (χ4n) is 2.60. The van der Waals surface area contributed by atoms with Crippen LogP contribution in [-0.4, -0.2) is 19.2 Å². The van der Waals surface area contributed by atoms with Crippen LogP contribution in [0.15, 0.2) is 28.7 Å². The monoisotopic (exact) mass is 311 g/mol. The summed E-state index contributed by atoms with van der Waals surface area (Å²) in [5, 5.41) is 3.59. The van der Waals surface area contributed by atoms with E-state index in [0.29, 0.717) is 11.5 Å². The summed E-state index contributed by atoms with van der Waals surface area (Å²) < 4.78 is 6.77. The van der Waals surface area contributed by atoms with Crippen molar-refractivity contribution in [2.45, 2.75) is 39.2 Å². The zero-order chi connectivity index (χ0) is 13.0. The van der Waals surface area contributed by atoms with E-state index in [4.69, 9.17) is 4.74 Å². The molecule has 1 aromatic rings. The molecule has 0 heterocycles. The van der Waals surface area contributed by atoms with Gasteiger partial charge in [-0.05, 0) is 42.9 Å². The van der Waals surface area contributed by atoms with Crippen LogP contribution in [0.5, 0.6) is 5.75 Å². The van der Waals surface area contributed by atoms with Crippen molar-refractivity contribution in [2.75, 3.05) is 13.2 Å². The molecule has 1 N–H and O–H groups in total. The van der Waals surface area contributed by atoms with E-state index in [2.05, 4.69) is 35.1 Å². The van der Waals surface area contributed by atoms with Gasteiger partial charge in [-0.1, -0.05) is 35.8 Å². The highest BCUT2D eigenvalue weighted by molar-refractivity contribution is 9.10. The minimum atomic E-state index is 0.517. The van der Waals surface area contributed by atoms with Gasteiger partial charge in [0.1, 0.15) is 12.4 Å². The fourth-order valence-corrected chi connectivity index (χ4v) is 2.98. The predicted octanol–water partition coefficient (Wildman–Crippen LogP) is 4.00. The van der Waals surface area contributed by atoms with Crippen LogP contribution in [0.25, 0.3) is 0 Å². The van der Waals surface area contributed by atoms with Crippen LogP contribution >= 0.6 is 15.9 Å². The van der Waals surface area contributed by atoms with Gasteiger partial charge in [0.25, 0.3) is 0 Å². The molecule has 2 rings (SSSR count). The number of hydrogen-bond donors (Lipinski definition) is 1. The largest absolute Gasteiger partial charge is 0.492 e. The Morgan fingerprint density at radius 1 is 1.44 bits per heavy atom. The van der Waals surface area contributed by atoms with Crippen molar-refractivity contribution in [2.24, 2.45) is 5.41 Å². The molecule has 3 heteroatoms. The van der Waals surface area contributed by atoms with Gasteiger partial charge < -0.3 is 10.1 Å². The molecule has 1 unspecified atom stereocenters. The molecule has 100 valence electrons. The molecule has 1 atom stereocenters. The molecule has 1 saturated carbocycles. The van der Waals surface area contributed by atoms with Gasteiger partial charge >= 0.3 is 0 Å². The molecule has 0 aliphatic heterocycles. The van der Waals surface area contributed by atoms with Gasteiger partial charge in [-0.2, -0.15) is 0 Å². The molecule has 1 aliphatic rings. The van der Waals surface area contributed by atoms with Gasteiger partial charge in [-0.25, -0.2) is 0 Å². The van der Waals surface area contributed by atoms with Gasteiger partial charge in [0.05, 0.1) is 0 Å². The van der Waals surface area contributed by atoms with E-state index < -0.39 is 0 Å². The predicted molar refractivity (Wildman–Crippen MR) is 79.1 cm³/mol. The summed E-state index contributed by atoms with van der Waals surface area (Å²) in [6.45, 7) is 6.36. The Labute approximate surface area is 118 Å². The topological polar surface area (TPSA) is 21.3 Å². The van der Waals surface area contributed by atoms with E-state index in [1.54, 1.807) is 0 Å².